The number of imide groups is 1. The molecule has 0 aliphatic carbocycles. The zero-order chi connectivity index (χ0) is 23.4. The van der Waals surface area contributed by atoms with Crippen molar-refractivity contribution in [3.63, 3.8) is 0 Å². The second-order valence-electron chi connectivity index (χ2n) is 7.06. The molecule has 0 spiro atoms. The second-order valence-corrected chi connectivity index (χ2v) is 8.91. The van der Waals surface area contributed by atoms with Crippen LogP contribution in [0.4, 0.5) is 4.79 Å². The van der Waals surface area contributed by atoms with Gasteiger partial charge in [0.05, 0.1) is 23.6 Å². The summed E-state index contributed by atoms with van der Waals surface area (Å²) < 4.78 is 16.7. The molecule has 0 aromatic heterocycles. The van der Waals surface area contributed by atoms with E-state index < -0.39 is 23.2 Å². The molecule has 9 heteroatoms. The first-order valence-electron chi connectivity index (χ1n) is 9.66. The summed E-state index contributed by atoms with van der Waals surface area (Å²) in [6.45, 7) is 3.83. The van der Waals surface area contributed by atoms with E-state index in [1.54, 1.807) is 18.2 Å². The number of halogens is 1. The van der Waals surface area contributed by atoms with Gasteiger partial charge < -0.3 is 14.2 Å². The van der Waals surface area contributed by atoms with Crippen LogP contribution in [0.3, 0.4) is 0 Å². The normalized spacial score (nSPS) is 15.8. The third-order valence-electron chi connectivity index (χ3n) is 4.81. The van der Waals surface area contributed by atoms with Crippen LogP contribution in [0.25, 0.3) is 6.08 Å². The Balaban J connectivity index is 1.83. The summed E-state index contributed by atoms with van der Waals surface area (Å²) in [6.07, 6.45) is 1.58. The minimum Gasteiger partial charge on any atom is -0.493 e. The van der Waals surface area contributed by atoms with Gasteiger partial charge in [0.2, 0.25) is 0 Å². The predicted octanol–water partition coefficient (Wildman–Crippen LogP) is 4.94. The van der Waals surface area contributed by atoms with Gasteiger partial charge >= 0.3 is 5.97 Å². The smallest absolute Gasteiger partial charge is 0.328 e. The van der Waals surface area contributed by atoms with Crippen LogP contribution < -0.4 is 9.47 Å². The molecule has 0 unspecified atom stereocenters. The van der Waals surface area contributed by atoms with Gasteiger partial charge in [0.15, 0.2) is 11.5 Å². The van der Waals surface area contributed by atoms with Gasteiger partial charge in [-0.3, -0.25) is 14.5 Å². The van der Waals surface area contributed by atoms with Gasteiger partial charge in [-0.2, -0.15) is 0 Å². The van der Waals surface area contributed by atoms with E-state index in [2.05, 4.69) is 20.7 Å². The van der Waals surface area contributed by atoms with Crippen molar-refractivity contribution in [1.82, 2.24) is 4.90 Å². The SMILES string of the molecule is COC(=O)[C@@H](C)N1C(=O)S/C(=C/c2cc(Br)c(OCc3ccc(C)cc3)c(OC)c2)C1=O. The van der Waals surface area contributed by atoms with Crippen LogP contribution in [0.5, 0.6) is 11.5 Å². The van der Waals surface area contributed by atoms with Crippen LogP contribution in [0, 0.1) is 6.92 Å². The third kappa shape index (κ3) is 5.16. The van der Waals surface area contributed by atoms with Gasteiger partial charge in [0.25, 0.3) is 11.1 Å². The van der Waals surface area contributed by atoms with Crippen molar-refractivity contribution in [2.45, 2.75) is 26.5 Å². The fraction of sp³-hybridized carbons (Fsp3) is 0.261. The van der Waals surface area contributed by atoms with Crippen molar-refractivity contribution < 1.29 is 28.6 Å². The predicted molar refractivity (Wildman–Crippen MR) is 125 cm³/mol. The maximum absolute atomic E-state index is 12.7. The van der Waals surface area contributed by atoms with Gasteiger partial charge in [0, 0.05) is 0 Å². The number of benzene rings is 2. The Kier molecular flexibility index (Phi) is 7.63. The van der Waals surface area contributed by atoms with Crippen LogP contribution in [0.2, 0.25) is 0 Å². The molecule has 0 saturated carbocycles. The Labute approximate surface area is 198 Å². The monoisotopic (exact) mass is 519 g/mol. The van der Waals surface area contributed by atoms with Gasteiger partial charge in [0.1, 0.15) is 12.6 Å². The summed E-state index contributed by atoms with van der Waals surface area (Å²) >= 11 is 4.27. The van der Waals surface area contributed by atoms with Crippen molar-refractivity contribution in [1.29, 1.82) is 0 Å². The second kappa shape index (κ2) is 10.2. The molecule has 0 radical (unpaired) electrons. The Bertz CT molecular complexity index is 1080. The molecule has 1 fully saturated rings. The lowest BCUT2D eigenvalue weighted by Crippen LogP contribution is -2.42. The number of esters is 1. The van der Waals surface area contributed by atoms with E-state index in [-0.39, 0.29) is 4.91 Å². The highest BCUT2D eigenvalue weighted by molar-refractivity contribution is 9.10. The zero-order valence-corrected chi connectivity index (χ0v) is 20.4. The summed E-state index contributed by atoms with van der Waals surface area (Å²) in [5.41, 5.74) is 2.82. The standard InChI is InChI=1S/C23H22BrNO6S/c1-13-5-7-15(8-6-13)12-31-20-17(24)9-16(10-18(20)29-3)11-19-21(26)25(23(28)32-19)14(2)22(27)30-4/h5-11,14H,12H2,1-4H3/b19-11+/t14-/m1/s1. The summed E-state index contributed by atoms with van der Waals surface area (Å²) in [6, 6.07) is 10.5. The highest BCUT2D eigenvalue weighted by Crippen LogP contribution is 2.39. The van der Waals surface area contributed by atoms with Gasteiger partial charge in [-0.1, -0.05) is 29.8 Å². The van der Waals surface area contributed by atoms with Crippen molar-refractivity contribution in [2.75, 3.05) is 14.2 Å². The number of rotatable bonds is 7. The molecule has 2 amide bonds. The number of amides is 2. The number of nitrogens with zero attached hydrogens (tertiary/aromatic N) is 1. The molecular weight excluding hydrogens is 498 g/mol. The van der Waals surface area contributed by atoms with Gasteiger partial charge in [-0.05, 0) is 70.9 Å². The first-order valence-corrected chi connectivity index (χ1v) is 11.3. The highest BCUT2D eigenvalue weighted by Gasteiger charge is 2.41. The third-order valence-corrected chi connectivity index (χ3v) is 6.28. The lowest BCUT2D eigenvalue weighted by atomic mass is 10.1. The minimum absolute atomic E-state index is 0.202. The van der Waals surface area contributed by atoms with Gasteiger partial charge in [-0.25, -0.2) is 4.79 Å². The first kappa shape index (κ1) is 23.9. The van der Waals surface area contributed by atoms with E-state index in [1.807, 2.05) is 31.2 Å². The van der Waals surface area contributed by atoms with Crippen LogP contribution >= 0.6 is 27.7 Å². The average Bonchev–Trinajstić information content (AvgIpc) is 3.05. The molecule has 1 aliphatic heterocycles. The molecule has 1 heterocycles. The van der Waals surface area contributed by atoms with E-state index in [0.717, 1.165) is 22.2 Å². The number of ether oxygens (including phenoxy) is 3. The van der Waals surface area contributed by atoms with Crippen LogP contribution in [0.1, 0.15) is 23.6 Å². The molecule has 2 aromatic rings. The summed E-state index contributed by atoms with van der Waals surface area (Å²) in [4.78, 5) is 37.9. The molecule has 3 rings (SSSR count). The Hall–Kier alpha value is -2.78. The Morgan fingerprint density at radius 1 is 1.19 bits per heavy atom. The van der Waals surface area contributed by atoms with Gasteiger partial charge in [-0.15, -0.1) is 0 Å². The number of hydrogen-bond donors (Lipinski definition) is 0. The zero-order valence-electron chi connectivity index (χ0n) is 18.0. The number of aryl methyl sites for hydroxylation is 1. The maximum Gasteiger partial charge on any atom is 0.328 e. The van der Waals surface area contributed by atoms with Crippen molar-refractivity contribution in [2.24, 2.45) is 0 Å². The molecule has 1 saturated heterocycles. The number of carbonyl (C=O) groups excluding carboxylic acids is 3. The van der Waals surface area contributed by atoms with E-state index in [9.17, 15) is 14.4 Å². The minimum atomic E-state index is -1.00. The molecular formula is C23H22BrNO6S. The largest absolute Gasteiger partial charge is 0.493 e. The quantitative estimate of drug-likeness (QED) is 0.378. The lowest BCUT2D eigenvalue weighted by Gasteiger charge is -2.18. The summed E-state index contributed by atoms with van der Waals surface area (Å²) in [5.74, 6) is -0.210. The van der Waals surface area contributed by atoms with E-state index >= 15 is 0 Å². The molecule has 2 aromatic carbocycles. The molecule has 0 bridgehead atoms. The van der Waals surface area contributed by atoms with Crippen molar-refractivity contribution in [3.8, 4) is 11.5 Å². The van der Waals surface area contributed by atoms with E-state index in [1.165, 1.54) is 26.7 Å². The first-order chi connectivity index (χ1) is 15.2. The number of carbonyl (C=O) groups is 3. The molecule has 1 aliphatic rings. The summed E-state index contributed by atoms with van der Waals surface area (Å²) in [5, 5.41) is -0.525. The van der Waals surface area contributed by atoms with E-state index in [4.69, 9.17) is 9.47 Å². The average molecular weight is 520 g/mol. The Morgan fingerprint density at radius 3 is 2.50 bits per heavy atom. The topological polar surface area (TPSA) is 82.1 Å². The number of thioether (sulfide) groups is 1. The lowest BCUT2D eigenvalue weighted by molar-refractivity contribution is -0.148. The van der Waals surface area contributed by atoms with Crippen molar-refractivity contribution in [3.05, 3.63) is 62.5 Å². The molecule has 32 heavy (non-hydrogen) atoms. The molecule has 0 N–H and O–H groups in total. The number of hydrogen-bond acceptors (Lipinski definition) is 7. The maximum atomic E-state index is 12.7. The van der Waals surface area contributed by atoms with Crippen LogP contribution in [-0.4, -0.2) is 42.3 Å². The molecule has 168 valence electrons. The highest BCUT2D eigenvalue weighted by atomic mass is 79.9. The Morgan fingerprint density at radius 2 is 1.88 bits per heavy atom. The molecule has 7 nitrogen and oxygen atoms in total. The van der Waals surface area contributed by atoms with Crippen LogP contribution in [0.15, 0.2) is 45.8 Å². The van der Waals surface area contributed by atoms with E-state index in [0.29, 0.717) is 28.1 Å². The fourth-order valence-corrected chi connectivity index (χ4v) is 4.53. The fourth-order valence-electron chi connectivity index (χ4n) is 3.04. The molecule has 1 atom stereocenters. The summed E-state index contributed by atoms with van der Waals surface area (Å²) in [7, 11) is 2.73. The van der Waals surface area contributed by atoms with Crippen LogP contribution in [-0.2, 0) is 20.9 Å². The van der Waals surface area contributed by atoms with Crippen molar-refractivity contribution >= 4 is 50.9 Å². The number of methoxy groups -OCH3 is 2.